The van der Waals surface area contributed by atoms with E-state index < -0.39 is 25.6 Å². The highest BCUT2D eigenvalue weighted by Crippen LogP contribution is 2.63. The second kappa shape index (κ2) is 2.37. The highest BCUT2D eigenvalue weighted by atomic mass is 35.7. The molecule has 0 radical (unpaired) electrons. The Bertz CT molecular complexity index is 322. The van der Waals surface area contributed by atoms with E-state index in [-0.39, 0.29) is 12.8 Å². The van der Waals surface area contributed by atoms with Crippen LogP contribution < -0.4 is 0 Å². The van der Waals surface area contributed by atoms with Gasteiger partial charge in [0.25, 0.3) is 0 Å². The lowest BCUT2D eigenvalue weighted by Crippen LogP contribution is -2.56. The quantitative estimate of drug-likeness (QED) is 0.647. The molecule has 2 aliphatic rings. The van der Waals surface area contributed by atoms with Gasteiger partial charge in [-0.15, -0.1) is 0 Å². The fraction of sp³-hybridized carbons (Fsp3) is 1.00. The highest BCUT2D eigenvalue weighted by molar-refractivity contribution is 8.14. The van der Waals surface area contributed by atoms with Crippen LogP contribution in [0.4, 0.5) is 8.78 Å². The number of hydrogen-bond donors (Lipinski definition) is 0. The van der Waals surface area contributed by atoms with Gasteiger partial charge in [-0.2, -0.15) is 0 Å². The maximum Gasteiger partial charge on any atom is 0.249 e. The molecule has 0 saturated heterocycles. The third-order valence-corrected chi connectivity index (χ3v) is 4.87. The first-order valence-corrected chi connectivity index (χ1v) is 6.41. The zero-order valence-electron chi connectivity index (χ0n) is 6.76. The molecule has 2 nitrogen and oxygen atoms in total. The van der Waals surface area contributed by atoms with E-state index in [9.17, 15) is 17.2 Å². The molecule has 0 atom stereocenters. The molecule has 1 spiro atoms. The van der Waals surface area contributed by atoms with E-state index in [1.807, 2.05) is 0 Å². The summed E-state index contributed by atoms with van der Waals surface area (Å²) in [5, 5.41) is -0.592. The first kappa shape index (κ1) is 9.65. The molecule has 13 heavy (non-hydrogen) atoms. The molecule has 0 aromatic heterocycles. The van der Waals surface area contributed by atoms with Crippen molar-refractivity contribution in [2.45, 2.75) is 36.9 Å². The van der Waals surface area contributed by atoms with Crippen LogP contribution in [0.2, 0.25) is 0 Å². The Morgan fingerprint density at radius 2 is 1.69 bits per heavy atom. The lowest BCUT2D eigenvalue weighted by molar-refractivity contribution is -0.188. The molecule has 76 valence electrons. The fourth-order valence-corrected chi connectivity index (χ4v) is 3.92. The average Bonchev–Trinajstić information content (AvgIpc) is 1.72. The third kappa shape index (κ3) is 1.56. The zero-order chi connectivity index (χ0) is 9.91. The predicted octanol–water partition coefficient (Wildman–Crippen LogP) is 2.13. The largest absolute Gasteiger partial charge is 0.249 e. The second-order valence-corrected chi connectivity index (χ2v) is 7.12. The highest BCUT2D eigenvalue weighted by Gasteiger charge is 2.63. The first-order chi connectivity index (χ1) is 5.73. The van der Waals surface area contributed by atoms with Gasteiger partial charge in [0.05, 0.1) is 5.25 Å². The minimum Gasteiger partial charge on any atom is -0.212 e. The molecule has 0 aliphatic heterocycles. The normalized spacial score (nSPS) is 31.0. The summed E-state index contributed by atoms with van der Waals surface area (Å²) in [7, 11) is 1.58. The smallest absolute Gasteiger partial charge is 0.212 e. The summed E-state index contributed by atoms with van der Waals surface area (Å²) in [5.41, 5.74) is -0.407. The van der Waals surface area contributed by atoms with Crippen LogP contribution in [-0.2, 0) is 9.05 Å². The summed E-state index contributed by atoms with van der Waals surface area (Å²) >= 11 is 0. The van der Waals surface area contributed by atoms with E-state index in [2.05, 4.69) is 0 Å². The van der Waals surface area contributed by atoms with Gasteiger partial charge in [0, 0.05) is 23.5 Å². The SMILES string of the molecule is O=S(=O)(Cl)C1CC2(C1)CC(F)(F)C2. The van der Waals surface area contributed by atoms with E-state index in [1.165, 1.54) is 0 Å². The molecule has 2 aliphatic carbocycles. The van der Waals surface area contributed by atoms with Crippen LogP contribution in [-0.4, -0.2) is 19.6 Å². The zero-order valence-corrected chi connectivity index (χ0v) is 8.34. The van der Waals surface area contributed by atoms with Gasteiger partial charge in [0.1, 0.15) is 0 Å². The van der Waals surface area contributed by atoms with Crippen LogP contribution >= 0.6 is 10.7 Å². The van der Waals surface area contributed by atoms with Crippen molar-refractivity contribution in [3.05, 3.63) is 0 Å². The summed E-state index contributed by atoms with van der Waals surface area (Å²) in [5.74, 6) is -2.57. The summed E-state index contributed by atoms with van der Waals surface area (Å²) in [4.78, 5) is 0. The Morgan fingerprint density at radius 3 is 2.00 bits per heavy atom. The predicted molar refractivity (Wildman–Crippen MR) is 44.4 cm³/mol. The van der Waals surface area contributed by atoms with Gasteiger partial charge >= 0.3 is 0 Å². The Hall–Kier alpha value is 0.1000. The molecular weight excluding hydrogens is 222 g/mol. The monoisotopic (exact) mass is 230 g/mol. The maximum atomic E-state index is 12.5. The molecule has 0 unspecified atom stereocenters. The van der Waals surface area contributed by atoms with Crippen LogP contribution in [0.1, 0.15) is 25.7 Å². The van der Waals surface area contributed by atoms with Crippen LogP contribution in [0.5, 0.6) is 0 Å². The van der Waals surface area contributed by atoms with Crippen molar-refractivity contribution in [1.82, 2.24) is 0 Å². The standard InChI is InChI=1S/C7H9ClF2O2S/c8-13(11,12)5-1-6(2-5)3-7(9,10)4-6/h5H,1-4H2. The van der Waals surface area contributed by atoms with Gasteiger partial charge in [0.2, 0.25) is 15.0 Å². The van der Waals surface area contributed by atoms with E-state index in [0.717, 1.165) is 0 Å². The van der Waals surface area contributed by atoms with Crippen molar-refractivity contribution < 1.29 is 17.2 Å². The molecule has 6 heteroatoms. The third-order valence-electron chi connectivity index (χ3n) is 2.99. The van der Waals surface area contributed by atoms with Gasteiger partial charge in [-0.3, -0.25) is 0 Å². The van der Waals surface area contributed by atoms with Crippen molar-refractivity contribution in [2.24, 2.45) is 5.41 Å². The number of halogens is 3. The molecule has 0 heterocycles. The van der Waals surface area contributed by atoms with Crippen LogP contribution in [0.3, 0.4) is 0 Å². The van der Waals surface area contributed by atoms with Gasteiger partial charge in [-0.1, -0.05) is 0 Å². The number of rotatable bonds is 1. The van der Waals surface area contributed by atoms with Crippen molar-refractivity contribution in [1.29, 1.82) is 0 Å². The molecule has 0 bridgehead atoms. The van der Waals surface area contributed by atoms with E-state index in [4.69, 9.17) is 10.7 Å². The van der Waals surface area contributed by atoms with Crippen molar-refractivity contribution in [3.63, 3.8) is 0 Å². The summed E-state index contributed by atoms with van der Waals surface area (Å²) in [6, 6.07) is 0. The molecule has 2 rings (SSSR count). The lowest BCUT2D eigenvalue weighted by Gasteiger charge is -2.56. The summed E-state index contributed by atoms with van der Waals surface area (Å²) in [6.45, 7) is 0. The lowest BCUT2D eigenvalue weighted by atomic mass is 9.54. The number of hydrogen-bond acceptors (Lipinski definition) is 2. The topological polar surface area (TPSA) is 34.1 Å². The molecule has 2 saturated carbocycles. The van der Waals surface area contributed by atoms with Crippen LogP contribution in [0.15, 0.2) is 0 Å². The van der Waals surface area contributed by atoms with Crippen LogP contribution in [0.25, 0.3) is 0 Å². The molecule has 0 aromatic carbocycles. The van der Waals surface area contributed by atoms with E-state index in [1.54, 1.807) is 0 Å². The van der Waals surface area contributed by atoms with Crippen molar-refractivity contribution in [2.75, 3.05) is 0 Å². The van der Waals surface area contributed by atoms with Gasteiger partial charge < -0.3 is 0 Å². The minimum absolute atomic E-state index is 0.164. The van der Waals surface area contributed by atoms with Crippen molar-refractivity contribution in [3.8, 4) is 0 Å². The minimum atomic E-state index is -3.52. The van der Waals surface area contributed by atoms with E-state index >= 15 is 0 Å². The Morgan fingerprint density at radius 1 is 1.23 bits per heavy atom. The van der Waals surface area contributed by atoms with Crippen LogP contribution in [0, 0.1) is 5.41 Å². The summed E-state index contributed by atoms with van der Waals surface area (Å²) in [6.07, 6.45) is 0.300. The van der Waals surface area contributed by atoms with Gasteiger partial charge in [-0.05, 0) is 18.3 Å². The van der Waals surface area contributed by atoms with Gasteiger partial charge in [-0.25, -0.2) is 17.2 Å². The second-order valence-electron chi connectivity index (χ2n) is 4.22. The molecule has 0 aromatic rings. The molecule has 2 fully saturated rings. The van der Waals surface area contributed by atoms with E-state index in [0.29, 0.717) is 12.8 Å². The summed E-state index contributed by atoms with van der Waals surface area (Å²) < 4.78 is 46.6. The van der Waals surface area contributed by atoms with Crippen molar-refractivity contribution >= 4 is 19.7 Å². The molecule has 0 N–H and O–H groups in total. The number of alkyl halides is 2. The fourth-order valence-electron chi connectivity index (χ4n) is 2.44. The maximum absolute atomic E-state index is 12.5. The molecular formula is C7H9ClF2O2S. The Kier molecular flexibility index (Phi) is 1.76. The first-order valence-electron chi connectivity index (χ1n) is 4.04. The average molecular weight is 231 g/mol. The Balaban J connectivity index is 1.94. The van der Waals surface area contributed by atoms with Gasteiger partial charge in [0.15, 0.2) is 0 Å². The molecule has 0 amide bonds. The Labute approximate surface area is 79.7 Å².